The van der Waals surface area contributed by atoms with Gasteiger partial charge in [-0.05, 0) is 27.2 Å². The van der Waals surface area contributed by atoms with Gasteiger partial charge in [-0.3, -0.25) is 4.79 Å². The summed E-state index contributed by atoms with van der Waals surface area (Å²) >= 11 is 7.24. The van der Waals surface area contributed by atoms with Crippen molar-refractivity contribution in [1.82, 2.24) is 10.2 Å². The van der Waals surface area contributed by atoms with Crippen molar-refractivity contribution in [2.45, 2.75) is 38.8 Å². The van der Waals surface area contributed by atoms with E-state index in [9.17, 15) is 9.59 Å². The van der Waals surface area contributed by atoms with Crippen LogP contribution in [-0.2, 0) is 9.53 Å². The molecule has 1 atom stereocenters. The monoisotopic (exact) mass is 322 g/mol. The molecule has 0 aromatic heterocycles. The second-order valence-electron chi connectivity index (χ2n) is 5.67. The van der Waals surface area contributed by atoms with Crippen LogP contribution < -0.4 is 5.32 Å². The number of nitrogens with one attached hydrogen (secondary N) is 1. The van der Waals surface area contributed by atoms with Crippen molar-refractivity contribution >= 4 is 35.4 Å². The minimum absolute atomic E-state index is 0.0325. The van der Waals surface area contributed by atoms with Crippen molar-refractivity contribution in [2.75, 3.05) is 30.5 Å². The van der Waals surface area contributed by atoms with Crippen LogP contribution in [0.2, 0.25) is 0 Å². The number of carbonyl (C=O) groups is 2. The SMILES string of the molecule is CC(C)(C)OC(=O)N1CCSCC1CCNC(=O)CCl. The Hall–Kier alpha value is -0.620. The Kier molecular flexibility index (Phi) is 6.95. The zero-order chi connectivity index (χ0) is 15.2. The van der Waals surface area contributed by atoms with Crippen LogP contribution in [-0.4, -0.2) is 59.0 Å². The van der Waals surface area contributed by atoms with E-state index in [4.69, 9.17) is 16.3 Å². The number of nitrogens with zero attached hydrogens (tertiary/aromatic N) is 1. The molecular formula is C13H23ClN2O3S. The molecule has 1 N–H and O–H groups in total. The lowest BCUT2D eigenvalue weighted by Gasteiger charge is -2.36. The first kappa shape index (κ1) is 17.4. The fourth-order valence-electron chi connectivity index (χ4n) is 1.88. The minimum atomic E-state index is -0.487. The van der Waals surface area contributed by atoms with E-state index in [-0.39, 0.29) is 23.9 Å². The highest BCUT2D eigenvalue weighted by atomic mass is 35.5. The van der Waals surface area contributed by atoms with E-state index in [0.717, 1.165) is 17.9 Å². The topological polar surface area (TPSA) is 58.6 Å². The summed E-state index contributed by atoms with van der Waals surface area (Å²) in [7, 11) is 0. The summed E-state index contributed by atoms with van der Waals surface area (Å²) in [6, 6.07) is 0.0965. The van der Waals surface area contributed by atoms with Crippen LogP contribution in [0.25, 0.3) is 0 Å². The summed E-state index contributed by atoms with van der Waals surface area (Å²) < 4.78 is 5.43. The van der Waals surface area contributed by atoms with Crippen LogP contribution in [0.15, 0.2) is 0 Å². The van der Waals surface area contributed by atoms with Crippen molar-refractivity contribution in [1.29, 1.82) is 0 Å². The van der Waals surface area contributed by atoms with E-state index < -0.39 is 5.60 Å². The molecule has 116 valence electrons. The summed E-state index contributed by atoms with van der Waals surface area (Å²) in [5.74, 6) is 1.58. The Morgan fingerprint density at radius 2 is 2.15 bits per heavy atom. The van der Waals surface area contributed by atoms with Gasteiger partial charge in [-0.1, -0.05) is 0 Å². The molecule has 0 radical (unpaired) electrons. The first-order valence-corrected chi connectivity index (χ1v) is 8.42. The highest BCUT2D eigenvalue weighted by molar-refractivity contribution is 7.99. The zero-order valence-electron chi connectivity index (χ0n) is 12.3. The fraction of sp³-hybridized carbons (Fsp3) is 0.846. The maximum Gasteiger partial charge on any atom is 0.410 e. The Morgan fingerprint density at radius 1 is 1.45 bits per heavy atom. The standard InChI is InChI=1S/C13H23ClN2O3S/c1-13(2,3)19-12(18)16-6-7-20-9-10(16)4-5-15-11(17)8-14/h10H,4-9H2,1-3H3,(H,15,17). The summed E-state index contributed by atoms with van der Waals surface area (Å²) in [6.45, 7) is 6.79. The average molecular weight is 323 g/mol. The van der Waals surface area contributed by atoms with E-state index in [1.54, 1.807) is 4.90 Å². The van der Waals surface area contributed by atoms with Gasteiger partial charge >= 0.3 is 6.09 Å². The number of hydrogen-bond acceptors (Lipinski definition) is 4. The predicted octanol–water partition coefficient (Wildman–Crippen LogP) is 2.08. The molecule has 1 unspecified atom stereocenters. The summed E-state index contributed by atoms with van der Waals surface area (Å²) in [5, 5.41) is 2.73. The van der Waals surface area contributed by atoms with Crippen molar-refractivity contribution < 1.29 is 14.3 Å². The number of amides is 2. The number of thioether (sulfide) groups is 1. The van der Waals surface area contributed by atoms with Gasteiger partial charge in [0.2, 0.25) is 5.91 Å². The lowest BCUT2D eigenvalue weighted by molar-refractivity contribution is -0.118. The van der Waals surface area contributed by atoms with Gasteiger partial charge in [0.15, 0.2) is 0 Å². The van der Waals surface area contributed by atoms with E-state index in [1.807, 2.05) is 32.5 Å². The molecular weight excluding hydrogens is 300 g/mol. The molecule has 1 fully saturated rings. The highest BCUT2D eigenvalue weighted by Gasteiger charge is 2.30. The Morgan fingerprint density at radius 3 is 2.75 bits per heavy atom. The van der Waals surface area contributed by atoms with E-state index >= 15 is 0 Å². The number of halogens is 1. The normalized spacial score (nSPS) is 19.6. The van der Waals surface area contributed by atoms with Crippen molar-refractivity contribution in [3.8, 4) is 0 Å². The first-order chi connectivity index (χ1) is 9.33. The van der Waals surface area contributed by atoms with Crippen molar-refractivity contribution in [3.63, 3.8) is 0 Å². The largest absolute Gasteiger partial charge is 0.444 e. The quantitative estimate of drug-likeness (QED) is 0.805. The fourth-order valence-corrected chi connectivity index (χ4v) is 3.09. The Balaban J connectivity index is 2.49. The molecule has 0 bridgehead atoms. The second-order valence-corrected chi connectivity index (χ2v) is 7.09. The predicted molar refractivity (Wildman–Crippen MR) is 82.4 cm³/mol. The van der Waals surface area contributed by atoms with Crippen molar-refractivity contribution in [3.05, 3.63) is 0 Å². The lowest BCUT2D eigenvalue weighted by atomic mass is 10.2. The maximum absolute atomic E-state index is 12.2. The molecule has 0 saturated carbocycles. The third kappa shape index (κ3) is 6.22. The van der Waals surface area contributed by atoms with Gasteiger partial charge in [-0.15, -0.1) is 11.6 Å². The average Bonchev–Trinajstić information content (AvgIpc) is 2.37. The molecule has 0 aliphatic carbocycles. The maximum atomic E-state index is 12.2. The summed E-state index contributed by atoms with van der Waals surface area (Å²) in [6.07, 6.45) is 0.445. The molecule has 5 nitrogen and oxygen atoms in total. The molecule has 0 spiro atoms. The molecule has 0 aromatic carbocycles. The van der Waals surface area contributed by atoms with Gasteiger partial charge in [0, 0.05) is 30.6 Å². The number of alkyl halides is 1. The van der Waals surface area contributed by atoms with Crippen LogP contribution in [0.3, 0.4) is 0 Å². The number of ether oxygens (including phenoxy) is 1. The van der Waals surface area contributed by atoms with Crippen LogP contribution in [0.5, 0.6) is 0 Å². The molecule has 0 aromatic rings. The summed E-state index contributed by atoms with van der Waals surface area (Å²) in [5.41, 5.74) is -0.487. The van der Waals surface area contributed by atoms with E-state index in [2.05, 4.69) is 5.32 Å². The van der Waals surface area contributed by atoms with Crippen LogP contribution in [0.1, 0.15) is 27.2 Å². The Labute approximate surface area is 129 Å². The first-order valence-electron chi connectivity index (χ1n) is 6.73. The van der Waals surface area contributed by atoms with Gasteiger partial charge in [0.25, 0.3) is 0 Å². The van der Waals surface area contributed by atoms with Gasteiger partial charge in [-0.25, -0.2) is 4.79 Å². The number of rotatable bonds is 4. The van der Waals surface area contributed by atoms with E-state index in [1.165, 1.54) is 0 Å². The van der Waals surface area contributed by atoms with Crippen LogP contribution in [0.4, 0.5) is 4.79 Å². The smallest absolute Gasteiger partial charge is 0.410 e. The zero-order valence-corrected chi connectivity index (χ0v) is 13.9. The Bertz CT molecular complexity index is 347. The molecule has 1 saturated heterocycles. The van der Waals surface area contributed by atoms with Gasteiger partial charge < -0.3 is 15.0 Å². The minimum Gasteiger partial charge on any atom is -0.444 e. The molecule has 2 amide bonds. The molecule has 1 aliphatic heterocycles. The van der Waals surface area contributed by atoms with Gasteiger partial charge in [0.1, 0.15) is 11.5 Å². The molecule has 20 heavy (non-hydrogen) atoms. The lowest BCUT2D eigenvalue weighted by Crippen LogP contribution is -2.49. The third-order valence-corrected chi connectivity index (χ3v) is 4.11. The van der Waals surface area contributed by atoms with E-state index in [0.29, 0.717) is 13.1 Å². The second kappa shape index (κ2) is 7.98. The van der Waals surface area contributed by atoms with Crippen molar-refractivity contribution in [2.24, 2.45) is 0 Å². The van der Waals surface area contributed by atoms with Crippen LogP contribution >= 0.6 is 23.4 Å². The summed E-state index contributed by atoms with van der Waals surface area (Å²) in [4.78, 5) is 25.0. The molecule has 7 heteroatoms. The molecule has 1 rings (SSSR count). The number of hydrogen-bond donors (Lipinski definition) is 1. The van der Waals surface area contributed by atoms with Gasteiger partial charge in [-0.2, -0.15) is 11.8 Å². The highest BCUT2D eigenvalue weighted by Crippen LogP contribution is 2.21. The van der Waals surface area contributed by atoms with Gasteiger partial charge in [0.05, 0.1) is 0 Å². The van der Waals surface area contributed by atoms with Crippen LogP contribution in [0, 0.1) is 0 Å². The third-order valence-electron chi connectivity index (χ3n) is 2.78. The molecule has 1 heterocycles. The number of carbonyl (C=O) groups excluding carboxylic acids is 2. The molecule has 1 aliphatic rings.